The van der Waals surface area contributed by atoms with Crippen LogP contribution in [0.4, 0.5) is 17.3 Å². The van der Waals surface area contributed by atoms with Gasteiger partial charge in [0, 0.05) is 31.3 Å². The number of aromatic nitrogens is 2. The van der Waals surface area contributed by atoms with E-state index in [0.717, 1.165) is 37.8 Å². The van der Waals surface area contributed by atoms with Crippen molar-refractivity contribution in [3.05, 3.63) is 51.3 Å². The predicted octanol–water partition coefficient (Wildman–Crippen LogP) is 3.28. The molecule has 1 N–H and O–H groups in total. The van der Waals surface area contributed by atoms with Crippen molar-refractivity contribution in [3.8, 4) is 0 Å². The Kier molecular flexibility index (Phi) is 5.08. The Labute approximate surface area is 149 Å². The van der Waals surface area contributed by atoms with E-state index in [1.807, 2.05) is 0 Å². The SMILES string of the molecule is O=C(Nc1cc(N2CCCCC2)ncn1)c1cc([N+](=O)[O-])ccc1Cl. The fourth-order valence-corrected chi connectivity index (χ4v) is 2.90. The van der Waals surface area contributed by atoms with E-state index in [-0.39, 0.29) is 16.3 Å². The van der Waals surface area contributed by atoms with Gasteiger partial charge in [-0.3, -0.25) is 14.9 Å². The summed E-state index contributed by atoms with van der Waals surface area (Å²) in [7, 11) is 0. The highest BCUT2D eigenvalue weighted by Crippen LogP contribution is 2.24. The van der Waals surface area contributed by atoms with Gasteiger partial charge in [-0.15, -0.1) is 0 Å². The van der Waals surface area contributed by atoms with E-state index in [4.69, 9.17) is 11.6 Å². The van der Waals surface area contributed by atoms with Crippen molar-refractivity contribution in [2.75, 3.05) is 23.3 Å². The molecule has 0 aliphatic carbocycles. The zero-order chi connectivity index (χ0) is 17.8. The number of amides is 1. The monoisotopic (exact) mass is 361 g/mol. The van der Waals surface area contributed by atoms with E-state index < -0.39 is 10.8 Å². The Morgan fingerprint density at radius 1 is 1.20 bits per heavy atom. The van der Waals surface area contributed by atoms with E-state index in [2.05, 4.69) is 20.2 Å². The lowest BCUT2D eigenvalue weighted by Crippen LogP contribution is -2.30. The van der Waals surface area contributed by atoms with Gasteiger partial charge < -0.3 is 10.2 Å². The number of hydrogen-bond donors (Lipinski definition) is 1. The number of nitro benzene ring substituents is 1. The van der Waals surface area contributed by atoms with Crippen molar-refractivity contribution < 1.29 is 9.72 Å². The van der Waals surface area contributed by atoms with E-state index in [1.165, 1.54) is 24.9 Å². The van der Waals surface area contributed by atoms with Gasteiger partial charge in [0.1, 0.15) is 18.0 Å². The number of nitrogens with one attached hydrogen (secondary N) is 1. The zero-order valence-corrected chi connectivity index (χ0v) is 14.1. The molecule has 1 aromatic heterocycles. The van der Waals surface area contributed by atoms with Gasteiger partial charge in [0.15, 0.2) is 0 Å². The molecular weight excluding hydrogens is 346 g/mol. The maximum absolute atomic E-state index is 12.4. The van der Waals surface area contributed by atoms with Crippen LogP contribution in [-0.2, 0) is 0 Å². The number of piperidine rings is 1. The van der Waals surface area contributed by atoms with Crippen molar-refractivity contribution in [1.82, 2.24) is 9.97 Å². The zero-order valence-electron chi connectivity index (χ0n) is 13.3. The molecule has 25 heavy (non-hydrogen) atoms. The smallest absolute Gasteiger partial charge is 0.270 e. The molecule has 1 aromatic carbocycles. The molecule has 0 unspecified atom stereocenters. The molecule has 2 heterocycles. The molecule has 0 saturated carbocycles. The fourth-order valence-electron chi connectivity index (χ4n) is 2.70. The highest BCUT2D eigenvalue weighted by Gasteiger charge is 2.18. The molecule has 1 amide bonds. The van der Waals surface area contributed by atoms with E-state index >= 15 is 0 Å². The van der Waals surface area contributed by atoms with Crippen LogP contribution in [0.25, 0.3) is 0 Å². The summed E-state index contributed by atoms with van der Waals surface area (Å²) >= 11 is 5.99. The summed E-state index contributed by atoms with van der Waals surface area (Å²) in [6.07, 6.45) is 4.80. The topological polar surface area (TPSA) is 101 Å². The summed E-state index contributed by atoms with van der Waals surface area (Å²) in [6.45, 7) is 1.84. The minimum Gasteiger partial charge on any atom is -0.356 e. The van der Waals surface area contributed by atoms with Gasteiger partial charge in [-0.25, -0.2) is 9.97 Å². The summed E-state index contributed by atoms with van der Waals surface area (Å²) in [5, 5.41) is 13.6. The number of carbonyl (C=O) groups is 1. The normalized spacial score (nSPS) is 14.2. The first-order chi connectivity index (χ1) is 12.0. The van der Waals surface area contributed by atoms with Crippen LogP contribution in [0, 0.1) is 10.1 Å². The van der Waals surface area contributed by atoms with Gasteiger partial charge >= 0.3 is 0 Å². The molecule has 0 radical (unpaired) electrons. The lowest BCUT2D eigenvalue weighted by molar-refractivity contribution is -0.384. The average Bonchev–Trinajstić information content (AvgIpc) is 2.62. The highest BCUT2D eigenvalue weighted by atomic mass is 35.5. The maximum Gasteiger partial charge on any atom is 0.270 e. The number of anilines is 2. The first-order valence-corrected chi connectivity index (χ1v) is 8.24. The minimum absolute atomic E-state index is 0.0222. The lowest BCUT2D eigenvalue weighted by atomic mass is 10.1. The van der Waals surface area contributed by atoms with Crippen LogP contribution < -0.4 is 10.2 Å². The van der Waals surface area contributed by atoms with Crippen LogP contribution in [0.5, 0.6) is 0 Å². The Hall–Kier alpha value is -2.74. The van der Waals surface area contributed by atoms with Gasteiger partial charge in [0.05, 0.1) is 15.5 Å². The third-order valence-corrected chi connectivity index (χ3v) is 4.31. The van der Waals surface area contributed by atoms with Crippen molar-refractivity contribution in [3.63, 3.8) is 0 Å². The van der Waals surface area contributed by atoms with Gasteiger partial charge in [0.25, 0.3) is 11.6 Å². The van der Waals surface area contributed by atoms with Crippen molar-refractivity contribution in [2.45, 2.75) is 19.3 Å². The minimum atomic E-state index is -0.577. The van der Waals surface area contributed by atoms with E-state index in [9.17, 15) is 14.9 Å². The molecule has 9 heteroatoms. The average molecular weight is 362 g/mol. The van der Waals surface area contributed by atoms with Gasteiger partial charge in [-0.05, 0) is 25.3 Å². The first-order valence-electron chi connectivity index (χ1n) is 7.87. The van der Waals surface area contributed by atoms with Crippen LogP contribution in [-0.4, -0.2) is 33.9 Å². The summed E-state index contributed by atoms with van der Waals surface area (Å²) in [5.41, 5.74) is -0.180. The number of benzene rings is 1. The molecule has 0 bridgehead atoms. The molecule has 8 nitrogen and oxygen atoms in total. The summed E-state index contributed by atoms with van der Waals surface area (Å²) < 4.78 is 0. The van der Waals surface area contributed by atoms with Crippen LogP contribution in [0.15, 0.2) is 30.6 Å². The van der Waals surface area contributed by atoms with Crippen molar-refractivity contribution in [1.29, 1.82) is 0 Å². The molecule has 1 fully saturated rings. The second kappa shape index (κ2) is 7.43. The second-order valence-electron chi connectivity index (χ2n) is 5.68. The van der Waals surface area contributed by atoms with Crippen LogP contribution in [0.2, 0.25) is 5.02 Å². The number of non-ortho nitro benzene ring substituents is 1. The third kappa shape index (κ3) is 4.03. The second-order valence-corrected chi connectivity index (χ2v) is 6.09. The van der Waals surface area contributed by atoms with E-state index in [0.29, 0.717) is 5.82 Å². The number of carbonyl (C=O) groups excluding carboxylic acids is 1. The van der Waals surface area contributed by atoms with Gasteiger partial charge in [-0.1, -0.05) is 11.6 Å². The third-order valence-electron chi connectivity index (χ3n) is 3.98. The molecule has 1 aliphatic heterocycles. The Morgan fingerprint density at radius 3 is 2.68 bits per heavy atom. The van der Waals surface area contributed by atoms with Gasteiger partial charge in [0.2, 0.25) is 0 Å². The molecule has 130 valence electrons. The quantitative estimate of drug-likeness (QED) is 0.662. The molecule has 0 atom stereocenters. The number of hydrogen-bond acceptors (Lipinski definition) is 6. The van der Waals surface area contributed by atoms with Crippen LogP contribution >= 0.6 is 11.6 Å². The largest absolute Gasteiger partial charge is 0.356 e. The fraction of sp³-hybridized carbons (Fsp3) is 0.312. The van der Waals surface area contributed by atoms with Crippen LogP contribution in [0.1, 0.15) is 29.6 Å². The summed E-state index contributed by atoms with van der Waals surface area (Å²) in [6, 6.07) is 5.41. The predicted molar refractivity (Wildman–Crippen MR) is 94.2 cm³/mol. The standard InChI is InChI=1S/C16H16ClN5O3/c17-13-5-4-11(22(24)25)8-12(13)16(23)20-14-9-15(19-10-18-14)21-6-2-1-3-7-21/h4-5,8-10H,1-3,6-7H2,(H,18,19,20,23). The van der Waals surface area contributed by atoms with E-state index in [1.54, 1.807) is 6.07 Å². The van der Waals surface area contributed by atoms with Crippen LogP contribution in [0.3, 0.4) is 0 Å². The molecule has 3 rings (SSSR count). The Balaban J connectivity index is 1.79. The first kappa shape index (κ1) is 17.1. The maximum atomic E-state index is 12.4. The number of rotatable bonds is 4. The lowest BCUT2D eigenvalue weighted by Gasteiger charge is -2.27. The summed E-state index contributed by atoms with van der Waals surface area (Å²) in [5.74, 6) is 0.510. The Bertz CT molecular complexity index is 808. The number of nitro groups is 1. The molecule has 2 aromatic rings. The molecule has 1 saturated heterocycles. The van der Waals surface area contributed by atoms with Crippen molar-refractivity contribution >= 4 is 34.8 Å². The molecular formula is C16H16ClN5O3. The number of halogens is 1. The molecule has 1 aliphatic rings. The van der Waals surface area contributed by atoms with Crippen molar-refractivity contribution in [2.24, 2.45) is 0 Å². The van der Waals surface area contributed by atoms with Gasteiger partial charge in [-0.2, -0.15) is 0 Å². The molecule has 0 spiro atoms. The number of nitrogens with zero attached hydrogens (tertiary/aromatic N) is 4. The highest BCUT2D eigenvalue weighted by molar-refractivity contribution is 6.34. The Morgan fingerprint density at radius 2 is 1.96 bits per heavy atom. The summed E-state index contributed by atoms with van der Waals surface area (Å²) in [4.78, 5) is 33.1.